The predicted molar refractivity (Wildman–Crippen MR) is 111 cm³/mol. The fourth-order valence-corrected chi connectivity index (χ4v) is 12.5. The van der Waals surface area contributed by atoms with E-state index in [9.17, 15) is 5.11 Å². The van der Waals surface area contributed by atoms with E-state index in [1.54, 1.807) is 0 Å². The van der Waals surface area contributed by atoms with Crippen molar-refractivity contribution in [2.45, 2.75) is 115 Å². The number of alkyl halides is 1. The van der Waals surface area contributed by atoms with Crippen molar-refractivity contribution in [1.82, 2.24) is 0 Å². The molecule has 26 heavy (non-hydrogen) atoms. The summed E-state index contributed by atoms with van der Waals surface area (Å²) in [5, 5.41) is 10.4. The molecule has 0 saturated heterocycles. The van der Waals surface area contributed by atoms with E-state index in [1.165, 1.54) is 57.8 Å². The van der Waals surface area contributed by atoms with Gasteiger partial charge in [0.05, 0.1) is 5.60 Å². The Balaban J connectivity index is 0.000000115. The molecule has 0 amide bonds. The van der Waals surface area contributed by atoms with Gasteiger partial charge in [0, 0.05) is 4.32 Å². The largest absolute Gasteiger partial charge is 0.390 e. The normalized spacial score (nSPS) is 64.4. The summed E-state index contributed by atoms with van der Waals surface area (Å²) < 4.78 is 0.538. The topological polar surface area (TPSA) is 20.2 Å². The molecule has 8 aliphatic rings. The zero-order valence-corrected chi connectivity index (χ0v) is 19.1. The molecule has 0 aliphatic heterocycles. The third-order valence-electron chi connectivity index (χ3n) is 9.15. The lowest BCUT2D eigenvalue weighted by molar-refractivity contribution is -0.189. The van der Waals surface area contributed by atoms with E-state index in [0.717, 1.165) is 31.1 Å². The van der Waals surface area contributed by atoms with Gasteiger partial charge in [-0.15, -0.1) is 0 Å². The Morgan fingerprint density at radius 1 is 0.577 bits per heavy atom. The van der Waals surface area contributed by atoms with E-state index in [4.69, 9.17) is 0 Å². The highest BCUT2D eigenvalue weighted by Gasteiger charge is 2.60. The first-order valence-electron chi connectivity index (χ1n) is 11.2. The van der Waals surface area contributed by atoms with Crippen molar-refractivity contribution in [2.24, 2.45) is 33.5 Å². The molecule has 0 heterocycles. The maximum absolute atomic E-state index is 10.4. The monoisotopic (exact) mass is 422 g/mol. The summed E-state index contributed by atoms with van der Waals surface area (Å²) in [6.45, 7) is 9.82. The third kappa shape index (κ3) is 3.04. The fourth-order valence-electron chi connectivity index (χ4n) is 10.7. The molecule has 8 bridgehead atoms. The summed E-state index contributed by atoms with van der Waals surface area (Å²) in [4.78, 5) is 0. The highest BCUT2D eigenvalue weighted by Crippen LogP contribution is 2.69. The van der Waals surface area contributed by atoms with Crippen LogP contribution in [0, 0.1) is 33.5 Å². The maximum atomic E-state index is 10.4. The molecular formula is C24H39BrO. The molecule has 8 aliphatic carbocycles. The maximum Gasteiger partial charge on any atom is 0.0660 e. The molecule has 0 aromatic heterocycles. The van der Waals surface area contributed by atoms with E-state index >= 15 is 0 Å². The molecule has 0 aromatic rings. The van der Waals surface area contributed by atoms with Crippen molar-refractivity contribution in [2.75, 3.05) is 0 Å². The van der Waals surface area contributed by atoms with Crippen LogP contribution in [-0.2, 0) is 0 Å². The van der Waals surface area contributed by atoms with E-state index in [2.05, 4.69) is 43.6 Å². The summed E-state index contributed by atoms with van der Waals surface area (Å²) in [5.41, 5.74) is 2.03. The standard InChI is InChI=1S/C12H19Br.C12H20O/c2*1-10-3-9-4-11(2,6-10)8-12(13,5-9)7-10/h9H,3-8H2,1-2H3;9,13H,3-8H2,1-2H3. The highest BCUT2D eigenvalue weighted by atomic mass is 79.9. The molecule has 1 N–H and O–H groups in total. The SMILES string of the molecule is CC12CC3CC(C)(C1)CC(Br)(C3)C2.CC12CC3CC(C)(C1)CC(O)(C3)C2. The van der Waals surface area contributed by atoms with E-state index in [1.807, 2.05) is 0 Å². The van der Waals surface area contributed by atoms with Gasteiger partial charge in [-0.3, -0.25) is 0 Å². The van der Waals surface area contributed by atoms with Crippen molar-refractivity contribution >= 4 is 15.9 Å². The fraction of sp³-hybridized carbons (Fsp3) is 1.00. The van der Waals surface area contributed by atoms with Crippen LogP contribution in [0.1, 0.15) is 105 Å². The van der Waals surface area contributed by atoms with Gasteiger partial charge in [-0.05, 0) is 111 Å². The number of rotatable bonds is 0. The minimum Gasteiger partial charge on any atom is -0.390 e. The van der Waals surface area contributed by atoms with Gasteiger partial charge in [0.15, 0.2) is 0 Å². The van der Waals surface area contributed by atoms with Gasteiger partial charge in [0.25, 0.3) is 0 Å². The quantitative estimate of drug-likeness (QED) is 0.422. The lowest BCUT2D eigenvalue weighted by Crippen LogP contribution is -2.58. The van der Waals surface area contributed by atoms with Gasteiger partial charge >= 0.3 is 0 Å². The molecule has 8 rings (SSSR count). The van der Waals surface area contributed by atoms with Crippen molar-refractivity contribution in [3.63, 3.8) is 0 Å². The van der Waals surface area contributed by atoms with E-state index < -0.39 is 0 Å². The number of halogens is 1. The predicted octanol–water partition coefficient (Wildman–Crippen LogP) is 6.86. The Morgan fingerprint density at radius 2 is 0.962 bits per heavy atom. The Bertz CT molecular complexity index is 470. The van der Waals surface area contributed by atoms with Crippen LogP contribution in [0.5, 0.6) is 0 Å². The number of hydrogen-bond donors (Lipinski definition) is 1. The van der Waals surface area contributed by atoms with Crippen molar-refractivity contribution in [3.8, 4) is 0 Å². The van der Waals surface area contributed by atoms with Crippen LogP contribution in [0.2, 0.25) is 0 Å². The molecule has 4 atom stereocenters. The van der Waals surface area contributed by atoms with E-state index in [-0.39, 0.29) is 5.60 Å². The summed E-state index contributed by atoms with van der Waals surface area (Å²) in [6, 6.07) is 0. The third-order valence-corrected chi connectivity index (χ3v) is 10.0. The molecule has 2 heteroatoms. The van der Waals surface area contributed by atoms with Gasteiger partial charge < -0.3 is 5.11 Å². The average Bonchev–Trinajstić information content (AvgIpc) is 2.25. The molecule has 4 unspecified atom stereocenters. The minimum atomic E-state index is -0.275. The Labute approximate surface area is 169 Å². The molecule has 148 valence electrons. The smallest absolute Gasteiger partial charge is 0.0660 e. The van der Waals surface area contributed by atoms with Crippen LogP contribution in [-0.4, -0.2) is 15.0 Å². The summed E-state index contributed by atoms with van der Waals surface area (Å²) >= 11 is 4.03. The van der Waals surface area contributed by atoms with E-state index in [0.29, 0.717) is 26.0 Å². The first kappa shape index (κ1) is 18.5. The Kier molecular flexibility index (Phi) is 3.64. The zero-order chi connectivity index (χ0) is 18.6. The van der Waals surface area contributed by atoms with Gasteiger partial charge in [-0.25, -0.2) is 0 Å². The lowest BCUT2D eigenvalue weighted by Gasteiger charge is -2.63. The molecule has 0 spiro atoms. The van der Waals surface area contributed by atoms with Crippen molar-refractivity contribution in [1.29, 1.82) is 0 Å². The van der Waals surface area contributed by atoms with Gasteiger partial charge in [-0.2, -0.15) is 0 Å². The molecule has 0 aromatic carbocycles. The minimum absolute atomic E-state index is 0.275. The summed E-state index contributed by atoms with van der Waals surface area (Å²) in [5.74, 6) is 1.86. The van der Waals surface area contributed by atoms with Crippen molar-refractivity contribution < 1.29 is 5.11 Å². The van der Waals surface area contributed by atoms with Gasteiger partial charge in [0.2, 0.25) is 0 Å². The second kappa shape index (κ2) is 5.13. The van der Waals surface area contributed by atoms with Crippen LogP contribution >= 0.6 is 15.9 Å². The Hall–Kier alpha value is 0.440. The Morgan fingerprint density at radius 3 is 1.27 bits per heavy atom. The molecule has 1 nitrogen and oxygen atoms in total. The number of aliphatic hydroxyl groups is 1. The molecular weight excluding hydrogens is 384 g/mol. The van der Waals surface area contributed by atoms with Crippen LogP contribution in [0.3, 0.4) is 0 Å². The van der Waals surface area contributed by atoms with Crippen LogP contribution in [0.25, 0.3) is 0 Å². The molecule has 0 radical (unpaired) electrons. The van der Waals surface area contributed by atoms with Crippen LogP contribution in [0.4, 0.5) is 0 Å². The average molecular weight is 423 g/mol. The molecule has 8 fully saturated rings. The van der Waals surface area contributed by atoms with Gasteiger partial charge in [-0.1, -0.05) is 43.6 Å². The summed E-state index contributed by atoms with van der Waals surface area (Å²) in [6.07, 6.45) is 16.2. The second-order valence-electron chi connectivity index (χ2n) is 13.6. The highest BCUT2D eigenvalue weighted by molar-refractivity contribution is 9.10. The van der Waals surface area contributed by atoms with Gasteiger partial charge in [0.1, 0.15) is 0 Å². The van der Waals surface area contributed by atoms with Crippen molar-refractivity contribution in [3.05, 3.63) is 0 Å². The zero-order valence-electron chi connectivity index (χ0n) is 17.5. The van der Waals surface area contributed by atoms with Crippen LogP contribution < -0.4 is 0 Å². The van der Waals surface area contributed by atoms with Crippen LogP contribution in [0.15, 0.2) is 0 Å². The number of hydrogen-bond acceptors (Lipinski definition) is 1. The summed E-state index contributed by atoms with van der Waals surface area (Å²) in [7, 11) is 0. The first-order chi connectivity index (χ1) is 11.8. The second-order valence-corrected chi connectivity index (χ2v) is 15.3. The molecule has 8 saturated carbocycles. The lowest BCUT2D eigenvalue weighted by atomic mass is 9.44. The first-order valence-corrected chi connectivity index (χ1v) is 12.0.